The van der Waals surface area contributed by atoms with Crippen molar-refractivity contribution in [2.45, 2.75) is 62.3 Å². The number of aromatic nitrogens is 3. The molecule has 0 fully saturated rings. The van der Waals surface area contributed by atoms with Crippen LogP contribution < -0.4 is 5.56 Å². The molecule has 4 rings (SSSR count). The zero-order chi connectivity index (χ0) is 28.2. The number of benzene rings is 2. The monoisotopic (exact) mass is 542 g/mol. The third kappa shape index (κ3) is 5.47. The molecule has 2 aromatic heterocycles. The molecule has 4 aromatic rings. The molecule has 0 saturated carbocycles. The van der Waals surface area contributed by atoms with E-state index in [2.05, 4.69) is 16.0 Å². The summed E-state index contributed by atoms with van der Waals surface area (Å²) in [6.45, 7) is 5.80. The summed E-state index contributed by atoms with van der Waals surface area (Å²) in [5.41, 5.74) is 3.05. The normalized spacial score (nSPS) is 12.2. The predicted octanol–water partition coefficient (Wildman–Crippen LogP) is 5.37. The van der Waals surface area contributed by atoms with E-state index in [1.807, 2.05) is 26.8 Å². The number of aryl methyl sites for hydroxylation is 2. The highest BCUT2D eigenvalue weighted by atomic mass is 32.2. The molecule has 1 atom stereocenters. The summed E-state index contributed by atoms with van der Waals surface area (Å²) < 4.78 is 28.9. The van der Waals surface area contributed by atoms with Gasteiger partial charge in [0.25, 0.3) is 5.56 Å². The van der Waals surface area contributed by atoms with Crippen LogP contribution in [0, 0.1) is 18.3 Å². The van der Waals surface area contributed by atoms with Crippen LogP contribution >= 0.6 is 0 Å². The van der Waals surface area contributed by atoms with Crippen LogP contribution in [0.4, 0.5) is 0 Å². The van der Waals surface area contributed by atoms with E-state index in [0.29, 0.717) is 30.7 Å². The molecule has 2 heterocycles. The Morgan fingerprint density at radius 2 is 1.74 bits per heavy atom. The first kappa shape index (κ1) is 27.7. The minimum Gasteiger partial charge on any atom is -0.492 e. The van der Waals surface area contributed by atoms with Crippen molar-refractivity contribution in [2.75, 3.05) is 0 Å². The van der Waals surface area contributed by atoms with Crippen LogP contribution in [0.3, 0.4) is 0 Å². The van der Waals surface area contributed by atoms with Gasteiger partial charge in [-0.3, -0.25) is 14.3 Å². The molecule has 9 heteroatoms. The molecule has 8 nitrogen and oxygen atoms in total. The maximum absolute atomic E-state index is 13.9. The molecule has 200 valence electrons. The van der Waals surface area contributed by atoms with Crippen LogP contribution in [0.2, 0.25) is 0 Å². The molecule has 0 spiro atoms. The number of hydrogen-bond donors (Lipinski definition) is 1. The second-order valence-electron chi connectivity index (χ2n) is 9.34. The minimum atomic E-state index is -4.40. The lowest BCUT2D eigenvalue weighted by molar-refractivity contribution is 0.406. The molecular formula is C30H30N4O4S. The van der Waals surface area contributed by atoms with Gasteiger partial charge in [-0.1, -0.05) is 44.5 Å². The zero-order valence-corrected chi connectivity index (χ0v) is 22.9. The number of nitrogens with zero attached hydrogens (tertiary/aromatic N) is 4. The van der Waals surface area contributed by atoms with Crippen molar-refractivity contribution in [3.63, 3.8) is 0 Å². The van der Waals surface area contributed by atoms with E-state index < -0.39 is 32.2 Å². The summed E-state index contributed by atoms with van der Waals surface area (Å²) in [5.74, 6) is -0.482. The van der Waals surface area contributed by atoms with Gasteiger partial charge < -0.3 is 5.11 Å². The number of pyridine rings is 1. The summed E-state index contributed by atoms with van der Waals surface area (Å²) in [7, 11) is -4.40. The van der Waals surface area contributed by atoms with Crippen LogP contribution in [-0.4, -0.2) is 28.1 Å². The first-order valence-electron chi connectivity index (χ1n) is 12.8. The summed E-state index contributed by atoms with van der Waals surface area (Å²) in [6, 6.07) is 16.4. The van der Waals surface area contributed by atoms with E-state index in [1.165, 1.54) is 16.7 Å². The third-order valence-corrected chi connectivity index (χ3v) is 8.56. The highest BCUT2D eigenvalue weighted by Crippen LogP contribution is 2.30. The largest absolute Gasteiger partial charge is 0.492 e. The smallest absolute Gasteiger partial charge is 0.277 e. The molecule has 0 amide bonds. The van der Waals surface area contributed by atoms with Crippen LogP contribution in [0.25, 0.3) is 11.1 Å². The van der Waals surface area contributed by atoms with E-state index in [4.69, 9.17) is 0 Å². The molecule has 0 aliphatic carbocycles. The number of aromatic hydroxyl groups is 1. The Morgan fingerprint density at radius 3 is 2.33 bits per heavy atom. The van der Waals surface area contributed by atoms with Gasteiger partial charge >= 0.3 is 0 Å². The van der Waals surface area contributed by atoms with Crippen molar-refractivity contribution in [2.24, 2.45) is 0 Å². The van der Waals surface area contributed by atoms with Crippen molar-refractivity contribution in [3.05, 3.63) is 99.9 Å². The van der Waals surface area contributed by atoms with E-state index >= 15 is 0 Å². The van der Waals surface area contributed by atoms with Gasteiger partial charge in [-0.2, -0.15) is 10.2 Å². The maximum atomic E-state index is 13.9. The van der Waals surface area contributed by atoms with Crippen LogP contribution in [0.1, 0.15) is 61.7 Å². The first-order chi connectivity index (χ1) is 18.7. The minimum absolute atomic E-state index is 0.119. The summed E-state index contributed by atoms with van der Waals surface area (Å²) in [6.07, 6.45) is 5.79. The molecular weight excluding hydrogens is 512 g/mol. The lowest BCUT2D eigenvalue weighted by Gasteiger charge is -2.23. The van der Waals surface area contributed by atoms with Gasteiger partial charge in [0.05, 0.1) is 22.6 Å². The Kier molecular flexibility index (Phi) is 8.27. The molecule has 0 aliphatic rings. The lowest BCUT2D eigenvalue weighted by atomic mass is 10.0. The van der Waals surface area contributed by atoms with Gasteiger partial charge in [0.2, 0.25) is 15.7 Å². The van der Waals surface area contributed by atoms with Crippen molar-refractivity contribution in [1.82, 2.24) is 14.5 Å². The van der Waals surface area contributed by atoms with Crippen molar-refractivity contribution in [3.8, 4) is 23.1 Å². The lowest BCUT2D eigenvalue weighted by Crippen LogP contribution is -2.33. The fourth-order valence-corrected chi connectivity index (χ4v) is 6.04. The molecule has 0 saturated heterocycles. The second kappa shape index (κ2) is 11.6. The second-order valence-corrected chi connectivity index (χ2v) is 11.2. The quantitative estimate of drug-likeness (QED) is 0.301. The highest BCUT2D eigenvalue weighted by Gasteiger charge is 2.31. The number of rotatable bonds is 9. The van der Waals surface area contributed by atoms with Crippen molar-refractivity contribution >= 4 is 9.84 Å². The number of unbranched alkanes of at least 4 members (excludes halogenated alkanes) is 1. The average molecular weight is 543 g/mol. The number of sulfone groups is 1. The van der Waals surface area contributed by atoms with Gasteiger partial charge in [0, 0.05) is 18.8 Å². The topological polar surface area (TPSA) is 126 Å². The third-order valence-electron chi connectivity index (χ3n) is 6.77. The van der Waals surface area contributed by atoms with E-state index in [9.17, 15) is 23.6 Å². The van der Waals surface area contributed by atoms with E-state index in [-0.39, 0.29) is 4.90 Å². The molecule has 39 heavy (non-hydrogen) atoms. The maximum Gasteiger partial charge on any atom is 0.277 e. The zero-order valence-electron chi connectivity index (χ0n) is 22.1. The fourth-order valence-electron chi connectivity index (χ4n) is 4.69. The Bertz CT molecular complexity index is 1690. The molecule has 1 unspecified atom stereocenters. The van der Waals surface area contributed by atoms with Gasteiger partial charge in [-0.05, 0) is 72.4 Å². The average Bonchev–Trinajstić information content (AvgIpc) is 2.94. The van der Waals surface area contributed by atoms with E-state index in [0.717, 1.165) is 28.7 Å². The van der Waals surface area contributed by atoms with Crippen LogP contribution in [-0.2, 0) is 16.3 Å². The standard InChI is InChI=1S/C30H30N4O4S/c1-4-6-7-27-33-29(35)28(30(36)34(27)26(5-2)23-10-8-21(18-31)9-11-23)39(37,38)24-14-12-22(13-15-24)25-16-17-32-19-20(25)3/h8-17,19,26,35H,4-7H2,1-3H3. The molecule has 0 radical (unpaired) electrons. The van der Waals surface area contributed by atoms with Crippen molar-refractivity contribution < 1.29 is 13.5 Å². The SMILES string of the molecule is CCCCc1nc(O)c(S(=O)(=O)c2ccc(-c3ccncc3C)cc2)c(=O)n1C(CC)c1ccc(C#N)cc1. The Hall–Kier alpha value is -4.29. The summed E-state index contributed by atoms with van der Waals surface area (Å²) in [5, 5.41) is 20.0. The predicted molar refractivity (Wildman–Crippen MR) is 148 cm³/mol. The molecule has 1 N–H and O–H groups in total. The van der Waals surface area contributed by atoms with Crippen LogP contribution in [0.15, 0.2) is 81.6 Å². The molecule has 0 bridgehead atoms. The van der Waals surface area contributed by atoms with Gasteiger partial charge in [0.1, 0.15) is 5.82 Å². The first-order valence-corrected chi connectivity index (χ1v) is 14.3. The Balaban J connectivity index is 1.86. The highest BCUT2D eigenvalue weighted by molar-refractivity contribution is 7.91. The Labute approximate surface area is 228 Å². The fraction of sp³-hybridized carbons (Fsp3) is 0.267. The Morgan fingerprint density at radius 1 is 1.05 bits per heavy atom. The summed E-state index contributed by atoms with van der Waals surface area (Å²) >= 11 is 0. The molecule has 2 aromatic carbocycles. The van der Waals surface area contributed by atoms with Gasteiger partial charge in [-0.25, -0.2) is 8.42 Å². The van der Waals surface area contributed by atoms with Crippen molar-refractivity contribution in [1.29, 1.82) is 5.26 Å². The van der Waals surface area contributed by atoms with Crippen LogP contribution in [0.5, 0.6) is 5.88 Å². The van der Waals surface area contributed by atoms with Gasteiger partial charge in [-0.15, -0.1) is 0 Å². The summed E-state index contributed by atoms with van der Waals surface area (Å²) in [4.78, 5) is 21.4. The van der Waals surface area contributed by atoms with Gasteiger partial charge in [0.15, 0.2) is 4.90 Å². The number of nitriles is 1. The number of hydrogen-bond acceptors (Lipinski definition) is 7. The van der Waals surface area contributed by atoms with E-state index in [1.54, 1.807) is 48.8 Å². The molecule has 0 aliphatic heterocycles.